The van der Waals surface area contributed by atoms with Gasteiger partial charge in [-0.3, -0.25) is 0 Å². The number of ether oxygens (including phenoxy) is 1. The van der Waals surface area contributed by atoms with E-state index in [0.29, 0.717) is 23.9 Å². The van der Waals surface area contributed by atoms with Crippen molar-refractivity contribution in [3.63, 3.8) is 0 Å². The fourth-order valence-electron chi connectivity index (χ4n) is 2.61. The Bertz CT molecular complexity index is 581. The monoisotopic (exact) mass is 312 g/mol. The highest BCUT2D eigenvalue weighted by Gasteiger charge is 2.26. The minimum Gasteiger partial charge on any atom is -0.381 e. The molecule has 1 aliphatic rings. The molecule has 1 heterocycles. The van der Waals surface area contributed by atoms with Crippen molar-refractivity contribution in [3.8, 4) is 0 Å². The molecule has 2 rings (SSSR count). The molecule has 0 radical (unpaired) electrons. The summed E-state index contributed by atoms with van der Waals surface area (Å²) < 4.78 is 32.3. The van der Waals surface area contributed by atoms with Crippen LogP contribution in [0.2, 0.25) is 0 Å². The minimum atomic E-state index is -3.46. The van der Waals surface area contributed by atoms with Gasteiger partial charge < -0.3 is 10.5 Å². The molecule has 21 heavy (non-hydrogen) atoms. The highest BCUT2D eigenvalue weighted by atomic mass is 32.2. The first-order valence-electron chi connectivity index (χ1n) is 7.29. The zero-order valence-electron chi connectivity index (χ0n) is 12.7. The summed E-state index contributed by atoms with van der Waals surface area (Å²) in [7, 11) is -1.81. The summed E-state index contributed by atoms with van der Waals surface area (Å²) in [5.74, 6) is 0.372. The summed E-state index contributed by atoms with van der Waals surface area (Å²) in [4.78, 5) is 0.361. The van der Waals surface area contributed by atoms with Crippen LogP contribution < -0.4 is 5.73 Å². The van der Waals surface area contributed by atoms with E-state index in [4.69, 9.17) is 10.5 Å². The van der Waals surface area contributed by atoms with Crippen molar-refractivity contribution in [1.82, 2.24) is 4.31 Å². The van der Waals surface area contributed by atoms with E-state index in [1.165, 1.54) is 4.31 Å². The Balaban J connectivity index is 2.20. The number of nitrogens with two attached hydrogens (primary N) is 1. The van der Waals surface area contributed by atoms with Gasteiger partial charge in [0.1, 0.15) is 0 Å². The average Bonchev–Trinajstić information content (AvgIpc) is 2.48. The van der Waals surface area contributed by atoms with Gasteiger partial charge in [0.15, 0.2) is 0 Å². The molecule has 0 aliphatic carbocycles. The van der Waals surface area contributed by atoms with Crippen molar-refractivity contribution in [3.05, 3.63) is 29.3 Å². The Labute approximate surface area is 127 Å². The lowest BCUT2D eigenvalue weighted by atomic mass is 10.0. The van der Waals surface area contributed by atoms with Crippen molar-refractivity contribution in [1.29, 1.82) is 0 Å². The van der Waals surface area contributed by atoms with Crippen molar-refractivity contribution in [2.75, 3.05) is 26.8 Å². The number of rotatable bonds is 5. The Morgan fingerprint density at radius 2 is 2.00 bits per heavy atom. The van der Waals surface area contributed by atoms with Gasteiger partial charge in [-0.15, -0.1) is 0 Å². The summed E-state index contributed by atoms with van der Waals surface area (Å²) in [5, 5.41) is 0. The number of benzene rings is 1. The molecule has 118 valence electrons. The first kappa shape index (κ1) is 16.4. The van der Waals surface area contributed by atoms with Crippen LogP contribution in [0.25, 0.3) is 0 Å². The fraction of sp³-hybridized carbons (Fsp3) is 0.600. The van der Waals surface area contributed by atoms with Crippen LogP contribution in [-0.4, -0.2) is 39.5 Å². The molecule has 5 nitrogen and oxygen atoms in total. The van der Waals surface area contributed by atoms with Gasteiger partial charge in [0.05, 0.1) is 4.90 Å². The van der Waals surface area contributed by atoms with Gasteiger partial charge in [0.25, 0.3) is 0 Å². The Hall–Kier alpha value is -0.950. The van der Waals surface area contributed by atoms with E-state index in [0.717, 1.165) is 37.2 Å². The van der Waals surface area contributed by atoms with Gasteiger partial charge in [-0.05, 0) is 42.9 Å². The number of nitrogens with zero attached hydrogens (tertiary/aromatic N) is 1. The summed E-state index contributed by atoms with van der Waals surface area (Å²) in [5.41, 5.74) is 7.20. The lowest BCUT2D eigenvalue weighted by Crippen LogP contribution is -2.34. The quantitative estimate of drug-likeness (QED) is 0.894. The van der Waals surface area contributed by atoms with Gasteiger partial charge in [-0.25, -0.2) is 12.7 Å². The largest absolute Gasteiger partial charge is 0.381 e. The fourth-order valence-corrected chi connectivity index (χ4v) is 4.13. The highest BCUT2D eigenvalue weighted by molar-refractivity contribution is 7.89. The normalized spacial score (nSPS) is 17.3. The Morgan fingerprint density at radius 1 is 1.33 bits per heavy atom. The topological polar surface area (TPSA) is 72.6 Å². The third-order valence-corrected chi connectivity index (χ3v) is 6.00. The third-order valence-electron chi connectivity index (χ3n) is 4.03. The van der Waals surface area contributed by atoms with E-state index in [9.17, 15) is 8.42 Å². The summed E-state index contributed by atoms with van der Waals surface area (Å²) >= 11 is 0. The van der Waals surface area contributed by atoms with E-state index in [-0.39, 0.29) is 0 Å². The second-order valence-corrected chi connectivity index (χ2v) is 7.66. The molecule has 1 saturated heterocycles. The van der Waals surface area contributed by atoms with Gasteiger partial charge >= 0.3 is 0 Å². The molecular formula is C15H24N2O3S. The van der Waals surface area contributed by atoms with Crippen LogP contribution in [0.5, 0.6) is 0 Å². The van der Waals surface area contributed by atoms with Crippen LogP contribution in [0.15, 0.2) is 23.1 Å². The van der Waals surface area contributed by atoms with E-state index in [1.807, 2.05) is 19.1 Å². The van der Waals surface area contributed by atoms with Crippen molar-refractivity contribution >= 4 is 10.0 Å². The van der Waals surface area contributed by atoms with Crippen LogP contribution in [0.1, 0.15) is 24.0 Å². The first-order valence-corrected chi connectivity index (χ1v) is 8.73. The molecule has 1 fully saturated rings. The second-order valence-electron chi connectivity index (χ2n) is 5.65. The van der Waals surface area contributed by atoms with Crippen LogP contribution in [0.3, 0.4) is 0 Å². The van der Waals surface area contributed by atoms with Crippen molar-refractivity contribution in [2.24, 2.45) is 11.7 Å². The molecule has 0 amide bonds. The van der Waals surface area contributed by atoms with E-state index < -0.39 is 10.0 Å². The molecule has 0 atom stereocenters. The zero-order valence-corrected chi connectivity index (χ0v) is 13.5. The summed E-state index contributed by atoms with van der Waals surface area (Å²) in [6.45, 7) is 4.14. The zero-order chi connectivity index (χ0) is 15.5. The smallest absolute Gasteiger partial charge is 0.243 e. The summed E-state index contributed by atoms with van der Waals surface area (Å²) in [6.07, 6.45) is 1.84. The Kier molecular flexibility index (Phi) is 5.37. The molecule has 6 heteroatoms. The minimum absolute atomic E-state index is 0.340. The van der Waals surface area contributed by atoms with Crippen LogP contribution in [0.4, 0.5) is 0 Å². The lowest BCUT2D eigenvalue weighted by Gasteiger charge is -2.27. The van der Waals surface area contributed by atoms with Gasteiger partial charge in [-0.1, -0.05) is 12.1 Å². The Morgan fingerprint density at radius 3 is 2.62 bits per heavy atom. The third kappa shape index (κ3) is 3.83. The number of hydrogen-bond acceptors (Lipinski definition) is 4. The lowest BCUT2D eigenvalue weighted by molar-refractivity contribution is 0.0620. The summed E-state index contributed by atoms with van der Waals surface area (Å²) in [6, 6.07) is 5.37. The molecule has 1 aliphatic heterocycles. The number of aryl methyl sites for hydroxylation is 1. The van der Waals surface area contributed by atoms with Crippen LogP contribution >= 0.6 is 0 Å². The number of hydrogen-bond donors (Lipinski definition) is 1. The van der Waals surface area contributed by atoms with E-state index >= 15 is 0 Å². The van der Waals surface area contributed by atoms with Crippen LogP contribution in [0, 0.1) is 12.8 Å². The maximum Gasteiger partial charge on any atom is 0.243 e. The molecule has 0 spiro atoms. The molecule has 0 aromatic heterocycles. The maximum atomic E-state index is 12.7. The molecule has 0 bridgehead atoms. The first-order chi connectivity index (χ1) is 9.95. The highest BCUT2D eigenvalue weighted by Crippen LogP contribution is 2.23. The van der Waals surface area contributed by atoms with Gasteiger partial charge in [0, 0.05) is 33.4 Å². The average molecular weight is 312 g/mol. The van der Waals surface area contributed by atoms with Gasteiger partial charge in [-0.2, -0.15) is 0 Å². The molecule has 0 unspecified atom stereocenters. The molecule has 0 saturated carbocycles. The predicted molar refractivity (Wildman–Crippen MR) is 82.4 cm³/mol. The predicted octanol–water partition coefficient (Wildman–Crippen LogP) is 1.50. The second kappa shape index (κ2) is 6.87. The van der Waals surface area contributed by atoms with Gasteiger partial charge in [0.2, 0.25) is 10.0 Å². The van der Waals surface area contributed by atoms with E-state index in [1.54, 1.807) is 13.1 Å². The van der Waals surface area contributed by atoms with E-state index in [2.05, 4.69) is 0 Å². The molecule has 2 N–H and O–H groups in total. The number of sulfonamides is 1. The van der Waals surface area contributed by atoms with Crippen molar-refractivity contribution in [2.45, 2.75) is 31.2 Å². The molecular weight excluding hydrogens is 288 g/mol. The molecule has 1 aromatic rings. The maximum absolute atomic E-state index is 12.7. The SMILES string of the molecule is Cc1ccc(CN)cc1S(=O)(=O)N(C)CC1CCOCC1. The van der Waals surface area contributed by atoms with Crippen LogP contribution in [-0.2, 0) is 21.3 Å². The molecule has 1 aromatic carbocycles. The van der Waals surface area contributed by atoms with Crippen molar-refractivity contribution < 1.29 is 13.2 Å². The standard InChI is InChI=1S/C15H24N2O3S/c1-12-3-4-14(10-16)9-15(12)21(18,19)17(2)11-13-5-7-20-8-6-13/h3-4,9,13H,5-8,10-11,16H2,1-2H3.